The highest BCUT2D eigenvalue weighted by molar-refractivity contribution is 5.47. The summed E-state index contributed by atoms with van der Waals surface area (Å²) in [5, 5.41) is 6.68. The molecule has 1 aliphatic heterocycles. The molecule has 0 amide bonds. The van der Waals surface area contributed by atoms with Crippen LogP contribution in [0.4, 0.5) is 11.6 Å². The van der Waals surface area contributed by atoms with E-state index in [4.69, 9.17) is 9.47 Å². The molecule has 0 radical (unpaired) electrons. The van der Waals surface area contributed by atoms with Crippen LogP contribution in [0, 0.1) is 5.92 Å². The highest BCUT2D eigenvalue weighted by Crippen LogP contribution is 2.17. The molecule has 0 bridgehead atoms. The first-order valence-corrected chi connectivity index (χ1v) is 7.74. The average Bonchev–Trinajstić information content (AvgIpc) is 2.99. The summed E-state index contributed by atoms with van der Waals surface area (Å²) in [5.74, 6) is 3.08. The Hall–Kier alpha value is -1.40. The fourth-order valence-electron chi connectivity index (χ4n) is 2.34. The van der Waals surface area contributed by atoms with Crippen molar-refractivity contribution in [2.75, 3.05) is 44.0 Å². The third kappa shape index (κ3) is 5.47. The van der Waals surface area contributed by atoms with E-state index in [-0.39, 0.29) is 0 Å². The monoisotopic (exact) mass is 294 g/mol. The number of nitrogens with zero attached hydrogens (tertiary/aromatic N) is 2. The number of methoxy groups -OCH3 is 1. The van der Waals surface area contributed by atoms with E-state index in [9.17, 15) is 0 Å². The lowest BCUT2D eigenvalue weighted by Gasteiger charge is -2.12. The average molecular weight is 294 g/mol. The minimum Gasteiger partial charge on any atom is -0.381 e. The molecule has 2 heterocycles. The van der Waals surface area contributed by atoms with Gasteiger partial charge in [-0.25, -0.2) is 9.97 Å². The molecule has 2 rings (SSSR count). The van der Waals surface area contributed by atoms with Crippen molar-refractivity contribution in [1.29, 1.82) is 0 Å². The Kier molecular flexibility index (Phi) is 6.69. The van der Waals surface area contributed by atoms with E-state index in [2.05, 4.69) is 27.5 Å². The van der Waals surface area contributed by atoms with Crippen LogP contribution in [0.3, 0.4) is 0 Å². The second-order valence-corrected chi connectivity index (χ2v) is 5.36. The normalized spacial score (nSPS) is 17.9. The van der Waals surface area contributed by atoms with Gasteiger partial charge in [-0.3, -0.25) is 0 Å². The fourth-order valence-corrected chi connectivity index (χ4v) is 2.34. The number of anilines is 2. The number of hydrogen-bond acceptors (Lipinski definition) is 6. The molecule has 21 heavy (non-hydrogen) atoms. The second kappa shape index (κ2) is 8.79. The maximum absolute atomic E-state index is 5.39. The van der Waals surface area contributed by atoms with Crippen LogP contribution in [0.5, 0.6) is 0 Å². The van der Waals surface area contributed by atoms with E-state index in [0.717, 1.165) is 50.8 Å². The Morgan fingerprint density at radius 2 is 2.05 bits per heavy atom. The van der Waals surface area contributed by atoms with E-state index in [1.165, 1.54) is 6.42 Å². The maximum atomic E-state index is 5.39. The summed E-state index contributed by atoms with van der Waals surface area (Å²) in [6.45, 7) is 6.16. The van der Waals surface area contributed by atoms with Crippen molar-refractivity contribution in [3.05, 3.63) is 11.9 Å². The molecule has 2 N–H and O–H groups in total. The van der Waals surface area contributed by atoms with Gasteiger partial charge < -0.3 is 20.1 Å². The molecule has 118 valence electrons. The van der Waals surface area contributed by atoms with E-state index in [1.54, 1.807) is 7.11 Å². The Balaban J connectivity index is 1.90. The SMILES string of the molecule is CCCNc1cc(NCCC2CCOC2)nc(COC)n1. The Morgan fingerprint density at radius 1 is 1.29 bits per heavy atom. The lowest BCUT2D eigenvalue weighted by atomic mass is 10.1. The van der Waals surface area contributed by atoms with Gasteiger partial charge in [0.2, 0.25) is 0 Å². The fraction of sp³-hybridized carbons (Fsp3) is 0.733. The largest absolute Gasteiger partial charge is 0.381 e. The molecule has 1 aromatic heterocycles. The third-order valence-corrected chi connectivity index (χ3v) is 3.48. The zero-order valence-electron chi connectivity index (χ0n) is 13.0. The standard InChI is InChI=1S/C15H26N4O2/c1-3-6-16-13-9-14(19-15(18-13)11-20-2)17-7-4-12-5-8-21-10-12/h9,12H,3-8,10-11H2,1-2H3,(H2,16,17,18,19). The van der Waals surface area contributed by atoms with Crippen LogP contribution >= 0.6 is 0 Å². The lowest BCUT2D eigenvalue weighted by Crippen LogP contribution is -2.12. The molecular weight excluding hydrogens is 268 g/mol. The van der Waals surface area contributed by atoms with Crippen LogP contribution in [-0.2, 0) is 16.1 Å². The van der Waals surface area contributed by atoms with Gasteiger partial charge in [-0.15, -0.1) is 0 Å². The van der Waals surface area contributed by atoms with Crippen LogP contribution in [0.1, 0.15) is 32.0 Å². The van der Waals surface area contributed by atoms with Gasteiger partial charge in [-0.1, -0.05) is 6.92 Å². The van der Waals surface area contributed by atoms with Crippen LogP contribution in [0.25, 0.3) is 0 Å². The Labute approximate surface area is 126 Å². The second-order valence-electron chi connectivity index (χ2n) is 5.36. The van der Waals surface area contributed by atoms with Gasteiger partial charge in [0.15, 0.2) is 5.82 Å². The van der Waals surface area contributed by atoms with Gasteiger partial charge >= 0.3 is 0 Å². The molecule has 1 unspecified atom stereocenters. The first-order valence-electron chi connectivity index (χ1n) is 7.74. The first kappa shape index (κ1) is 16.0. The zero-order valence-corrected chi connectivity index (χ0v) is 13.0. The van der Waals surface area contributed by atoms with Crippen molar-refractivity contribution in [2.24, 2.45) is 5.92 Å². The van der Waals surface area contributed by atoms with Crippen molar-refractivity contribution in [2.45, 2.75) is 32.8 Å². The number of rotatable bonds is 9. The van der Waals surface area contributed by atoms with E-state index >= 15 is 0 Å². The molecule has 1 fully saturated rings. The van der Waals surface area contributed by atoms with Crippen LogP contribution in [-0.4, -0.2) is 43.4 Å². The van der Waals surface area contributed by atoms with Crippen LogP contribution < -0.4 is 10.6 Å². The van der Waals surface area contributed by atoms with Gasteiger partial charge in [-0.2, -0.15) is 0 Å². The summed E-state index contributed by atoms with van der Waals surface area (Å²) in [6.07, 6.45) is 3.35. The number of nitrogens with one attached hydrogen (secondary N) is 2. The summed E-state index contributed by atoms with van der Waals surface area (Å²) >= 11 is 0. The van der Waals surface area contributed by atoms with Gasteiger partial charge in [0, 0.05) is 39.5 Å². The molecule has 1 aromatic rings. The summed E-state index contributed by atoms with van der Waals surface area (Å²) in [6, 6.07) is 1.96. The van der Waals surface area contributed by atoms with Crippen molar-refractivity contribution in [3.63, 3.8) is 0 Å². The molecule has 6 nitrogen and oxygen atoms in total. The predicted molar refractivity (Wildman–Crippen MR) is 83.6 cm³/mol. The molecular formula is C15H26N4O2. The van der Waals surface area contributed by atoms with Crippen molar-refractivity contribution < 1.29 is 9.47 Å². The quantitative estimate of drug-likeness (QED) is 0.728. The van der Waals surface area contributed by atoms with E-state index < -0.39 is 0 Å². The first-order chi connectivity index (χ1) is 10.3. The van der Waals surface area contributed by atoms with Crippen molar-refractivity contribution in [3.8, 4) is 0 Å². The van der Waals surface area contributed by atoms with Gasteiger partial charge in [0.1, 0.15) is 18.2 Å². The predicted octanol–water partition coefficient (Wildman–Crippen LogP) is 2.28. The summed E-state index contributed by atoms with van der Waals surface area (Å²) in [5.41, 5.74) is 0. The molecule has 0 aromatic carbocycles. The van der Waals surface area contributed by atoms with Gasteiger partial charge in [0.25, 0.3) is 0 Å². The summed E-state index contributed by atoms with van der Waals surface area (Å²) in [7, 11) is 1.66. The Bertz CT molecular complexity index is 422. The van der Waals surface area contributed by atoms with E-state index in [0.29, 0.717) is 18.3 Å². The van der Waals surface area contributed by atoms with Crippen LogP contribution in [0.15, 0.2) is 6.07 Å². The molecule has 1 atom stereocenters. The third-order valence-electron chi connectivity index (χ3n) is 3.48. The van der Waals surface area contributed by atoms with Crippen molar-refractivity contribution in [1.82, 2.24) is 9.97 Å². The Morgan fingerprint density at radius 3 is 2.67 bits per heavy atom. The number of aromatic nitrogens is 2. The van der Waals surface area contributed by atoms with Crippen LogP contribution in [0.2, 0.25) is 0 Å². The minimum atomic E-state index is 0.423. The summed E-state index contributed by atoms with van der Waals surface area (Å²) in [4.78, 5) is 8.92. The summed E-state index contributed by atoms with van der Waals surface area (Å²) < 4.78 is 10.5. The molecule has 0 aliphatic carbocycles. The lowest BCUT2D eigenvalue weighted by molar-refractivity contribution is 0.178. The smallest absolute Gasteiger partial charge is 0.158 e. The van der Waals surface area contributed by atoms with Gasteiger partial charge in [0.05, 0.1) is 0 Å². The van der Waals surface area contributed by atoms with Crippen molar-refractivity contribution >= 4 is 11.6 Å². The highest BCUT2D eigenvalue weighted by Gasteiger charge is 2.15. The van der Waals surface area contributed by atoms with Gasteiger partial charge in [-0.05, 0) is 25.2 Å². The molecule has 1 aliphatic rings. The van der Waals surface area contributed by atoms with E-state index in [1.807, 2.05) is 6.07 Å². The number of ether oxygens (including phenoxy) is 2. The zero-order chi connectivity index (χ0) is 14.9. The maximum Gasteiger partial charge on any atom is 0.158 e. The molecule has 6 heteroatoms. The topological polar surface area (TPSA) is 68.3 Å². The molecule has 1 saturated heterocycles. The molecule has 0 spiro atoms. The molecule has 0 saturated carbocycles. The minimum absolute atomic E-state index is 0.423. The number of hydrogen-bond donors (Lipinski definition) is 2. The highest BCUT2D eigenvalue weighted by atomic mass is 16.5.